The monoisotopic (exact) mass is 379 g/mol. The quantitative estimate of drug-likeness (QED) is 0.542. The summed E-state index contributed by atoms with van der Waals surface area (Å²) in [7, 11) is 1.56. The second-order valence-corrected chi connectivity index (χ2v) is 7.28. The number of hydrogen-bond donors (Lipinski definition) is 0. The van der Waals surface area contributed by atoms with Gasteiger partial charge in [-0.25, -0.2) is 4.79 Å². The third-order valence-corrected chi connectivity index (χ3v) is 5.01. The van der Waals surface area contributed by atoms with Crippen molar-refractivity contribution in [1.29, 1.82) is 0 Å². The molecule has 0 saturated heterocycles. The van der Waals surface area contributed by atoms with Crippen molar-refractivity contribution in [2.45, 2.75) is 34.2 Å². The lowest BCUT2D eigenvalue weighted by molar-refractivity contribution is -0.117. The zero-order valence-corrected chi connectivity index (χ0v) is 16.5. The van der Waals surface area contributed by atoms with E-state index in [2.05, 4.69) is 11.1 Å². The molecule has 0 fully saturated rings. The number of nitrogens with zero attached hydrogens (tertiary/aromatic N) is 5. The van der Waals surface area contributed by atoms with Gasteiger partial charge in [0.05, 0.1) is 12.2 Å². The molecule has 0 aliphatic carbocycles. The molecule has 144 valence electrons. The summed E-state index contributed by atoms with van der Waals surface area (Å²) in [5.74, 6) is 0.289. The lowest BCUT2D eigenvalue weighted by Crippen LogP contribution is -2.40. The van der Waals surface area contributed by atoms with Gasteiger partial charge in [-0.1, -0.05) is 12.1 Å². The van der Waals surface area contributed by atoms with Crippen molar-refractivity contribution in [2.75, 3.05) is 0 Å². The van der Waals surface area contributed by atoms with Gasteiger partial charge in [-0.15, -0.1) is 0 Å². The van der Waals surface area contributed by atoms with Crippen LogP contribution in [0.25, 0.3) is 22.6 Å². The van der Waals surface area contributed by atoms with Crippen LogP contribution in [0.15, 0.2) is 34.0 Å². The fraction of sp³-hybridized carbons (Fsp3) is 0.300. The molecule has 0 aliphatic heterocycles. The van der Waals surface area contributed by atoms with E-state index in [1.54, 1.807) is 11.4 Å². The minimum absolute atomic E-state index is 0.259. The lowest BCUT2D eigenvalue weighted by Gasteiger charge is -2.10. The minimum atomic E-state index is -0.552. The first kappa shape index (κ1) is 18.0. The van der Waals surface area contributed by atoms with Crippen LogP contribution >= 0.6 is 0 Å². The van der Waals surface area contributed by atoms with Gasteiger partial charge in [0.25, 0.3) is 5.56 Å². The average molecular weight is 379 g/mol. The number of benzene rings is 1. The van der Waals surface area contributed by atoms with Gasteiger partial charge < -0.3 is 0 Å². The Hall–Kier alpha value is -3.42. The normalized spacial score (nSPS) is 11.6. The lowest BCUT2D eigenvalue weighted by atomic mass is 10.1. The second-order valence-electron chi connectivity index (χ2n) is 7.28. The molecule has 0 saturated carbocycles. The highest BCUT2D eigenvalue weighted by Crippen LogP contribution is 2.24. The van der Waals surface area contributed by atoms with E-state index >= 15 is 0 Å². The van der Waals surface area contributed by atoms with Gasteiger partial charge in [0.1, 0.15) is 5.78 Å². The van der Waals surface area contributed by atoms with Crippen molar-refractivity contribution in [1.82, 2.24) is 23.1 Å². The Bertz CT molecular complexity index is 1400. The minimum Gasteiger partial charge on any atom is -0.298 e. The maximum atomic E-state index is 13.0. The van der Waals surface area contributed by atoms with Crippen molar-refractivity contribution < 1.29 is 4.79 Å². The molecule has 0 amide bonds. The molecule has 3 heterocycles. The summed E-state index contributed by atoms with van der Waals surface area (Å²) in [5.41, 5.74) is 3.57. The molecule has 0 bridgehead atoms. The average Bonchev–Trinajstić information content (AvgIpc) is 3.13. The summed E-state index contributed by atoms with van der Waals surface area (Å²) in [5, 5.41) is 0. The molecule has 28 heavy (non-hydrogen) atoms. The number of carbonyl (C=O) groups is 1. The Labute approximate surface area is 160 Å². The molecular weight excluding hydrogens is 358 g/mol. The fourth-order valence-electron chi connectivity index (χ4n) is 3.63. The van der Waals surface area contributed by atoms with Gasteiger partial charge in [0.15, 0.2) is 11.2 Å². The summed E-state index contributed by atoms with van der Waals surface area (Å²) < 4.78 is 5.95. The van der Waals surface area contributed by atoms with Crippen LogP contribution in [-0.2, 0) is 18.4 Å². The van der Waals surface area contributed by atoms with Gasteiger partial charge >= 0.3 is 5.69 Å². The highest BCUT2D eigenvalue weighted by molar-refractivity contribution is 5.78. The van der Waals surface area contributed by atoms with Crippen LogP contribution in [0.4, 0.5) is 0 Å². The first-order valence-corrected chi connectivity index (χ1v) is 8.97. The highest BCUT2D eigenvalue weighted by atomic mass is 16.2. The molecular formula is C20H21N5O3. The number of fused-ring (bicyclic) bond motifs is 3. The molecule has 3 aromatic heterocycles. The summed E-state index contributed by atoms with van der Waals surface area (Å²) in [4.78, 5) is 41.8. The first-order valence-electron chi connectivity index (χ1n) is 8.97. The SMILES string of the molecule is CC(=O)Cn1c(=O)c2c(nc3n(-c4cc(C)ccc4C)c(C)cn23)n(C)c1=O. The molecule has 0 N–H and O–H groups in total. The van der Waals surface area contributed by atoms with Crippen LogP contribution in [0, 0.1) is 20.8 Å². The number of hydrogen-bond acceptors (Lipinski definition) is 4. The molecule has 0 aliphatic rings. The number of Topliss-reactive ketones (excluding diaryl/α,β-unsaturated/α-hetero) is 1. The summed E-state index contributed by atoms with van der Waals surface area (Å²) >= 11 is 0. The molecule has 8 nitrogen and oxygen atoms in total. The molecule has 4 aromatic rings. The van der Waals surface area contributed by atoms with Crippen LogP contribution in [0.1, 0.15) is 23.7 Å². The molecule has 4 rings (SSSR count). The van der Waals surface area contributed by atoms with Gasteiger partial charge in [-0.2, -0.15) is 4.98 Å². The molecule has 0 atom stereocenters. The van der Waals surface area contributed by atoms with E-state index in [0.29, 0.717) is 11.4 Å². The third kappa shape index (κ3) is 2.45. The fourth-order valence-corrected chi connectivity index (χ4v) is 3.63. The molecule has 1 aromatic carbocycles. The Morgan fingerprint density at radius 1 is 1.14 bits per heavy atom. The molecule has 0 radical (unpaired) electrons. The summed E-state index contributed by atoms with van der Waals surface area (Å²) in [6.45, 7) is 7.07. The summed E-state index contributed by atoms with van der Waals surface area (Å²) in [6.07, 6.45) is 1.83. The Morgan fingerprint density at radius 2 is 1.86 bits per heavy atom. The summed E-state index contributed by atoms with van der Waals surface area (Å²) in [6, 6.07) is 6.15. The van der Waals surface area contributed by atoms with E-state index in [4.69, 9.17) is 0 Å². The van der Waals surface area contributed by atoms with E-state index in [0.717, 1.165) is 27.1 Å². The Balaban J connectivity index is 2.16. The number of rotatable bonds is 3. The molecule has 0 unspecified atom stereocenters. The van der Waals surface area contributed by atoms with E-state index in [9.17, 15) is 14.4 Å². The van der Waals surface area contributed by atoms with Gasteiger partial charge in [-0.05, 0) is 44.9 Å². The number of carbonyl (C=O) groups excluding carboxylic acids is 1. The standard InChI is InChI=1S/C20H21N5O3/c1-11-6-7-12(2)15(8-11)25-13(3)9-23-16-17(21-19(23)25)22(5)20(28)24(18(16)27)10-14(4)26/h6-9H,10H2,1-5H3. The Kier molecular flexibility index (Phi) is 3.88. The van der Waals surface area contributed by atoms with Crippen LogP contribution in [-0.4, -0.2) is 28.9 Å². The van der Waals surface area contributed by atoms with Crippen LogP contribution in [0.3, 0.4) is 0 Å². The van der Waals surface area contributed by atoms with Gasteiger partial charge in [0, 0.05) is 18.9 Å². The van der Waals surface area contributed by atoms with Crippen molar-refractivity contribution in [3.8, 4) is 5.69 Å². The van der Waals surface area contributed by atoms with E-state index < -0.39 is 11.2 Å². The van der Waals surface area contributed by atoms with E-state index in [1.165, 1.54) is 11.5 Å². The largest absolute Gasteiger partial charge is 0.332 e. The zero-order valence-electron chi connectivity index (χ0n) is 16.5. The van der Waals surface area contributed by atoms with Crippen LogP contribution < -0.4 is 11.2 Å². The van der Waals surface area contributed by atoms with E-state index in [1.807, 2.05) is 43.7 Å². The zero-order chi connectivity index (χ0) is 20.3. The van der Waals surface area contributed by atoms with Crippen molar-refractivity contribution in [2.24, 2.45) is 7.05 Å². The maximum Gasteiger partial charge on any atom is 0.332 e. The number of ketones is 1. The van der Waals surface area contributed by atoms with Crippen molar-refractivity contribution in [3.05, 3.63) is 62.1 Å². The van der Waals surface area contributed by atoms with E-state index in [-0.39, 0.29) is 17.8 Å². The van der Waals surface area contributed by atoms with Gasteiger partial charge in [-0.3, -0.25) is 27.7 Å². The topological polar surface area (TPSA) is 83.3 Å². The van der Waals surface area contributed by atoms with Gasteiger partial charge in [0.2, 0.25) is 5.78 Å². The van der Waals surface area contributed by atoms with Crippen molar-refractivity contribution in [3.63, 3.8) is 0 Å². The maximum absolute atomic E-state index is 13.0. The predicted molar refractivity (Wildman–Crippen MR) is 106 cm³/mol. The van der Waals surface area contributed by atoms with Crippen LogP contribution in [0.2, 0.25) is 0 Å². The second kappa shape index (κ2) is 6.05. The van der Waals surface area contributed by atoms with Crippen molar-refractivity contribution >= 4 is 22.7 Å². The Morgan fingerprint density at radius 3 is 2.54 bits per heavy atom. The molecule has 0 spiro atoms. The predicted octanol–water partition coefficient (Wildman–Crippen LogP) is 1.65. The number of aromatic nitrogens is 5. The number of aryl methyl sites for hydroxylation is 4. The highest BCUT2D eigenvalue weighted by Gasteiger charge is 2.21. The molecule has 8 heteroatoms. The van der Waals surface area contributed by atoms with Crippen LogP contribution in [0.5, 0.6) is 0 Å². The third-order valence-electron chi connectivity index (χ3n) is 5.01. The number of imidazole rings is 2. The smallest absolute Gasteiger partial charge is 0.298 e. The first-order chi connectivity index (χ1) is 13.2.